The quantitative estimate of drug-likeness (QED) is 0.473. The molecule has 1 aromatic carbocycles. The molecule has 3 N–H and O–H groups in total. The van der Waals surface area contributed by atoms with E-state index in [0.29, 0.717) is 24.6 Å². The number of nitrogens with one attached hydrogen (secondary N) is 1. The van der Waals surface area contributed by atoms with Crippen LogP contribution in [0.1, 0.15) is 19.8 Å². The van der Waals surface area contributed by atoms with Gasteiger partial charge in [0.05, 0.1) is 13.0 Å². The number of rotatable bonds is 5. The van der Waals surface area contributed by atoms with Crippen LogP contribution in [0.5, 0.6) is 11.5 Å². The number of hydrogen-bond donors (Lipinski definition) is 2. The summed E-state index contributed by atoms with van der Waals surface area (Å²) in [5.74, 6) is 5.62. The first kappa shape index (κ1) is 17.1. The third kappa shape index (κ3) is 4.13. The van der Waals surface area contributed by atoms with E-state index in [-0.39, 0.29) is 17.7 Å². The van der Waals surface area contributed by atoms with Crippen molar-refractivity contribution in [3.05, 3.63) is 24.3 Å². The standard InChI is InChI=1S/C16H23N3O4/c1-11(23-14-8-4-3-7-13(14)22-2)16(21)19-9-5-6-12(10-19)15(20)18-17/h3-4,7-8,11-12H,5-6,9-10,17H2,1-2H3,(H,18,20). The van der Waals surface area contributed by atoms with Gasteiger partial charge < -0.3 is 14.4 Å². The van der Waals surface area contributed by atoms with Gasteiger partial charge in [0.25, 0.3) is 5.91 Å². The number of carbonyl (C=O) groups excluding carboxylic acids is 2. The summed E-state index contributed by atoms with van der Waals surface area (Å²) in [7, 11) is 1.55. The maximum atomic E-state index is 12.6. The number of ether oxygens (including phenoxy) is 2. The molecule has 1 aromatic rings. The Hall–Kier alpha value is -2.28. The second kappa shape index (κ2) is 7.82. The first-order chi connectivity index (χ1) is 11.1. The summed E-state index contributed by atoms with van der Waals surface area (Å²) in [6.07, 6.45) is 0.839. The fraction of sp³-hybridized carbons (Fsp3) is 0.500. The lowest BCUT2D eigenvalue weighted by Crippen LogP contribution is -2.50. The molecule has 1 aliphatic rings. The first-order valence-corrected chi connectivity index (χ1v) is 7.65. The molecule has 1 heterocycles. The molecule has 7 heteroatoms. The molecule has 2 amide bonds. The second-order valence-corrected chi connectivity index (χ2v) is 5.54. The zero-order valence-corrected chi connectivity index (χ0v) is 13.5. The maximum absolute atomic E-state index is 12.6. The van der Waals surface area contributed by atoms with Gasteiger partial charge in [0.2, 0.25) is 5.91 Å². The Morgan fingerprint density at radius 3 is 2.70 bits per heavy atom. The predicted octanol–water partition coefficient (Wildman–Crippen LogP) is 0.691. The van der Waals surface area contributed by atoms with Crippen molar-refractivity contribution < 1.29 is 19.1 Å². The van der Waals surface area contributed by atoms with Crippen LogP contribution in [-0.2, 0) is 9.59 Å². The Labute approximate surface area is 135 Å². The lowest BCUT2D eigenvalue weighted by molar-refractivity contribution is -0.141. The minimum absolute atomic E-state index is 0.148. The van der Waals surface area contributed by atoms with E-state index in [1.165, 1.54) is 0 Å². The summed E-state index contributed by atoms with van der Waals surface area (Å²) in [5, 5.41) is 0. The molecular weight excluding hydrogens is 298 g/mol. The van der Waals surface area contributed by atoms with Crippen molar-refractivity contribution in [2.45, 2.75) is 25.9 Å². The van der Waals surface area contributed by atoms with E-state index in [9.17, 15) is 9.59 Å². The molecule has 2 unspecified atom stereocenters. The van der Waals surface area contributed by atoms with Crippen molar-refractivity contribution in [3.8, 4) is 11.5 Å². The summed E-state index contributed by atoms with van der Waals surface area (Å²) < 4.78 is 10.9. The van der Waals surface area contributed by atoms with Crippen molar-refractivity contribution in [3.63, 3.8) is 0 Å². The molecule has 7 nitrogen and oxygen atoms in total. The van der Waals surface area contributed by atoms with Gasteiger partial charge in [-0.3, -0.25) is 15.0 Å². The smallest absolute Gasteiger partial charge is 0.263 e. The third-order valence-electron chi connectivity index (χ3n) is 3.97. The molecule has 0 aliphatic carbocycles. The van der Waals surface area contributed by atoms with E-state index in [0.717, 1.165) is 12.8 Å². The summed E-state index contributed by atoms with van der Waals surface area (Å²) in [4.78, 5) is 25.9. The van der Waals surface area contributed by atoms with Gasteiger partial charge in [0.15, 0.2) is 17.6 Å². The van der Waals surface area contributed by atoms with Crippen LogP contribution in [0.3, 0.4) is 0 Å². The van der Waals surface area contributed by atoms with E-state index in [1.54, 1.807) is 31.1 Å². The van der Waals surface area contributed by atoms with Crippen molar-refractivity contribution in [2.24, 2.45) is 11.8 Å². The molecule has 0 aromatic heterocycles. The number of nitrogens with zero attached hydrogens (tertiary/aromatic N) is 1. The van der Waals surface area contributed by atoms with Crippen LogP contribution in [-0.4, -0.2) is 43.0 Å². The minimum atomic E-state index is -0.661. The fourth-order valence-electron chi connectivity index (χ4n) is 2.72. The van der Waals surface area contributed by atoms with Crippen molar-refractivity contribution >= 4 is 11.8 Å². The van der Waals surface area contributed by atoms with E-state index in [4.69, 9.17) is 15.3 Å². The number of likely N-dealkylation sites (tertiary alicyclic amines) is 1. The minimum Gasteiger partial charge on any atom is -0.493 e. The lowest BCUT2D eigenvalue weighted by atomic mass is 9.97. The van der Waals surface area contributed by atoms with Crippen molar-refractivity contribution in [1.82, 2.24) is 10.3 Å². The number of hydrogen-bond acceptors (Lipinski definition) is 5. The topological polar surface area (TPSA) is 93.9 Å². The average Bonchev–Trinajstić information content (AvgIpc) is 2.60. The zero-order chi connectivity index (χ0) is 16.8. The number of methoxy groups -OCH3 is 1. The molecule has 126 valence electrons. The lowest BCUT2D eigenvalue weighted by Gasteiger charge is -2.33. The van der Waals surface area contributed by atoms with Crippen LogP contribution in [0, 0.1) is 5.92 Å². The number of para-hydroxylation sites is 2. The molecule has 1 saturated heterocycles. The summed E-state index contributed by atoms with van der Waals surface area (Å²) in [6.45, 7) is 2.68. The van der Waals surface area contributed by atoms with Crippen LogP contribution < -0.4 is 20.7 Å². The van der Waals surface area contributed by atoms with E-state index in [2.05, 4.69) is 5.43 Å². The molecule has 23 heavy (non-hydrogen) atoms. The molecular formula is C16H23N3O4. The molecule has 2 atom stereocenters. The second-order valence-electron chi connectivity index (χ2n) is 5.54. The number of benzene rings is 1. The molecule has 2 rings (SSSR count). The summed E-state index contributed by atoms with van der Waals surface area (Å²) >= 11 is 0. The molecule has 1 fully saturated rings. The molecule has 0 spiro atoms. The van der Waals surface area contributed by atoms with Crippen LogP contribution in [0.2, 0.25) is 0 Å². The van der Waals surface area contributed by atoms with E-state index < -0.39 is 6.10 Å². The van der Waals surface area contributed by atoms with E-state index in [1.807, 2.05) is 12.1 Å². The van der Waals surface area contributed by atoms with Crippen LogP contribution in [0.15, 0.2) is 24.3 Å². The normalized spacial score (nSPS) is 18.9. The van der Waals surface area contributed by atoms with E-state index >= 15 is 0 Å². The molecule has 0 radical (unpaired) electrons. The van der Waals surface area contributed by atoms with Gasteiger partial charge in [-0.1, -0.05) is 12.1 Å². The Morgan fingerprint density at radius 1 is 1.35 bits per heavy atom. The van der Waals surface area contributed by atoms with Gasteiger partial charge in [-0.05, 0) is 31.9 Å². The number of nitrogens with two attached hydrogens (primary N) is 1. The summed E-state index contributed by atoms with van der Waals surface area (Å²) in [5.41, 5.74) is 2.15. The zero-order valence-electron chi connectivity index (χ0n) is 13.5. The molecule has 0 bridgehead atoms. The highest BCUT2D eigenvalue weighted by molar-refractivity contribution is 5.83. The van der Waals surface area contributed by atoms with Gasteiger partial charge in [0, 0.05) is 13.1 Å². The average molecular weight is 321 g/mol. The highest BCUT2D eigenvalue weighted by Gasteiger charge is 2.31. The summed E-state index contributed by atoms with van der Waals surface area (Å²) in [6, 6.07) is 7.18. The SMILES string of the molecule is COc1ccccc1OC(C)C(=O)N1CCCC(C(=O)NN)C1. The fourth-order valence-corrected chi connectivity index (χ4v) is 2.72. The maximum Gasteiger partial charge on any atom is 0.263 e. The van der Waals surface area contributed by atoms with Crippen LogP contribution in [0.4, 0.5) is 0 Å². The third-order valence-corrected chi connectivity index (χ3v) is 3.97. The molecule has 0 saturated carbocycles. The largest absolute Gasteiger partial charge is 0.493 e. The highest BCUT2D eigenvalue weighted by Crippen LogP contribution is 2.27. The van der Waals surface area contributed by atoms with Gasteiger partial charge in [-0.2, -0.15) is 0 Å². The van der Waals surface area contributed by atoms with Gasteiger partial charge >= 0.3 is 0 Å². The Balaban J connectivity index is 2.00. The highest BCUT2D eigenvalue weighted by atomic mass is 16.5. The van der Waals surface area contributed by atoms with Gasteiger partial charge in [0.1, 0.15) is 0 Å². The number of amides is 2. The molecule has 1 aliphatic heterocycles. The van der Waals surface area contributed by atoms with Crippen LogP contribution >= 0.6 is 0 Å². The van der Waals surface area contributed by atoms with Gasteiger partial charge in [-0.15, -0.1) is 0 Å². The van der Waals surface area contributed by atoms with Crippen LogP contribution in [0.25, 0.3) is 0 Å². The number of hydrazine groups is 1. The Kier molecular flexibility index (Phi) is 5.81. The predicted molar refractivity (Wildman–Crippen MR) is 84.7 cm³/mol. The number of carbonyl (C=O) groups is 2. The monoisotopic (exact) mass is 321 g/mol. The number of piperidine rings is 1. The Bertz CT molecular complexity index is 564. The van der Waals surface area contributed by atoms with Crippen molar-refractivity contribution in [2.75, 3.05) is 20.2 Å². The first-order valence-electron chi connectivity index (χ1n) is 7.65. The van der Waals surface area contributed by atoms with Crippen molar-refractivity contribution in [1.29, 1.82) is 0 Å². The Morgan fingerprint density at radius 2 is 2.04 bits per heavy atom. The van der Waals surface area contributed by atoms with Gasteiger partial charge in [-0.25, -0.2) is 5.84 Å².